The molecule has 1 unspecified atom stereocenters. The first-order valence-electron chi connectivity index (χ1n) is 8.46. The summed E-state index contributed by atoms with van der Waals surface area (Å²) in [5.41, 5.74) is 5.43. The van der Waals surface area contributed by atoms with E-state index in [1.807, 2.05) is 36.5 Å². The predicted octanol–water partition coefficient (Wildman–Crippen LogP) is 4.56. The van der Waals surface area contributed by atoms with Crippen LogP contribution in [0.5, 0.6) is 0 Å². The molecule has 0 radical (unpaired) electrons. The van der Waals surface area contributed by atoms with Crippen LogP contribution in [0.15, 0.2) is 79.1 Å². The third-order valence-electron chi connectivity index (χ3n) is 4.68. The highest BCUT2D eigenvalue weighted by Crippen LogP contribution is 2.30. The second kappa shape index (κ2) is 6.00. The smallest absolute Gasteiger partial charge is 0.264 e. The van der Waals surface area contributed by atoms with Crippen molar-refractivity contribution in [1.29, 1.82) is 0 Å². The van der Waals surface area contributed by atoms with E-state index in [4.69, 9.17) is 11.6 Å². The van der Waals surface area contributed by atoms with E-state index in [-0.39, 0.29) is 6.04 Å². The molecule has 2 aromatic heterocycles. The van der Waals surface area contributed by atoms with E-state index in [1.54, 1.807) is 6.20 Å². The first kappa shape index (κ1) is 15.2. The lowest BCUT2D eigenvalue weighted by Crippen LogP contribution is -2.43. The monoisotopic (exact) mass is 359 g/mol. The Morgan fingerprint density at radius 3 is 2.77 bits per heavy atom. The van der Waals surface area contributed by atoms with Crippen LogP contribution >= 0.6 is 11.6 Å². The maximum Gasteiger partial charge on any atom is 0.361 e. The molecule has 126 valence electrons. The maximum absolute atomic E-state index is 6.27. The maximum atomic E-state index is 6.27. The molecule has 2 aromatic carbocycles. The van der Waals surface area contributed by atoms with Gasteiger partial charge < -0.3 is 0 Å². The van der Waals surface area contributed by atoms with Crippen LogP contribution in [0.4, 0.5) is 5.95 Å². The molecule has 26 heavy (non-hydrogen) atoms. The van der Waals surface area contributed by atoms with Gasteiger partial charge in [-0.2, -0.15) is 0 Å². The van der Waals surface area contributed by atoms with Crippen LogP contribution in [0.1, 0.15) is 17.2 Å². The first-order chi connectivity index (χ1) is 12.8. The van der Waals surface area contributed by atoms with Gasteiger partial charge in [-0.05, 0) is 48.0 Å². The van der Waals surface area contributed by atoms with Crippen molar-refractivity contribution >= 4 is 34.3 Å². The average molecular weight is 360 g/mol. The number of allylic oxidation sites excluding steroid dienone is 1. The minimum Gasteiger partial charge on any atom is -0.264 e. The summed E-state index contributed by atoms with van der Waals surface area (Å²) < 4.78 is 2.26. The minimum absolute atomic E-state index is 0.0244. The van der Waals surface area contributed by atoms with Crippen molar-refractivity contribution in [2.75, 3.05) is 5.32 Å². The zero-order chi connectivity index (χ0) is 17.5. The highest BCUT2D eigenvalue weighted by atomic mass is 35.5. The van der Waals surface area contributed by atoms with Gasteiger partial charge in [0.2, 0.25) is 0 Å². The number of pyridine rings is 1. The summed E-state index contributed by atoms with van der Waals surface area (Å²) in [4.78, 5) is 7.74. The van der Waals surface area contributed by atoms with Gasteiger partial charge in [0.05, 0.1) is 0 Å². The molecular weight excluding hydrogens is 344 g/mol. The van der Waals surface area contributed by atoms with Crippen LogP contribution in [0.3, 0.4) is 0 Å². The second-order valence-corrected chi connectivity index (χ2v) is 6.74. The van der Waals surface area contributed by atoms with E-state index in [0.29, 0.717) is 0 Å². The van der Waals surface area contributed by atoms with Gasteiger partial charge >= 0.3 is 5.95 Å². The zero-order valence-corrected chi connectivity index (χ0v) is 14.6. The molecule has 2 N–H and O–H groups in total. The van der Waals surface area contributed by atoms with Crippen molar-refractivity contribution in [2.45, 2.75) is 6.04 Å². The molecule has 1 aliphatic heterocycles. The number of benzene rings is 2. The molecule has 0 aliphatic carbocycles. The van der Waals surface area contributed by atoms with Gasteiger partial charge in [0.15, 0.2) is 0 Å². The average Bonchev–Trinajstić information content (AvgIpc) is 3.06. The predicted molar refractivity (Wildman–Crippen MR) is 104 cm³/mol. The van der Waals surface area contributed by atoms with Crippen LogP contribution < -0.4 is 9.88 Å². The Kier molecular flexibility index (Phi) is 3.50. The minimum atomic E-state index is 0.0244. The van der Waals surface area contributed by atoms with Crippen LogP contribution in [-0.2, 0) is 0 Å². The summed E-state index contributed by atoms with van der Waals surface area (Å²) in [6, 6.07) is 20.3. The third-order valence-corrected chi connectivity index (χ3v) is 4.91. The number of para-hydroxylation sites is 2. The summed E-state index contributed by atoms with van der Waals surface area (Å²) in [6.07, 6.45) is 5.87. The molecule has 3 heterocycles. The van der Waals surface area contributed by atoms with Crippen LogP contribution in [0, 0.1) is 0 Å². The molecule has 5 heteroatoms. The van der Waals surface area contributed by atoms with Gasteiger partial charge in [-0.3, -0.25) is 4.98 Å². The van der Waals surface area contributed by atoms with Crippen LogP contribution in [-0.4, -0.2) is 9.97 Å². The highest BCUT2D eigenvalue weighted by Gasteiger charge is 2.31. The Labute approximate surface area is 155 Å². The Hall–Kier alpha value is -3.11. The topological polar surface area (TPSA) is 44.6 Å². The number of aromatic amines is 1. The number of H-pyrrole nitrogens is 1. The molecule has 0 fully saturated rings. The van der Waals surface area contributed by atoms with Crippen molar-refractivity contribution in [3.05, 3.63) is 95.3 Å². The lowest BCUT2D eigenvalue weighted by Gasteiger charge is -2.21. The molecule has 0 saturated heterocycles. The zero-order valence-electron chi connectivity index (χ0n) is 13.9. The molecule has 1 aliphatic rings. The molecule has 5 rings (SSSR count). The molecule has 0 spiro atoms. The lowest BCUT2D eigenvalue weighted by molar-refractivity contribution is -0.664. The number of hydrogen-bond donors (Lipinski definition) is 2. The number of imidazole rings is 1. The quantitative estimate of drug-likeness (QED) is 0.515. The number of rotatable bonds is 2. The van der Waals surface area contributed by atoms with E-state index in [9.17, 15) is 0 Å². The number of hydrogen-bond acceptors (Lipinski definition) is 2. The lowest BCUT2D eigenvalue weighted by atomic mass is 10.0. The number of aromatic nitrogens is 3. The molecule has 1 atom stereocenters. The van der Waals surface area contributed by atoms with Gasteiger partial charge in [-0.1, -0.05) is 35.9 Å². The van der Waals surface area contributed by atoms with Gasteiger partial charge in [0, 0.05) is 23.0 Å². The van der Waals surface area contributed by atoms with E-state index in [2.05, 4.69) is 56.3 Å². The molecular formula is C21H16ClN4+. The van der Waals surface area contributed by atoms with Gasteiger partial charge in [-0.15, -0.1) is 0 Å². The molecule has 4 aromatic rings. The number of fused-ring (bicyclic) bond motifs is 3. The standard InChI is InChI=1S/C21H15ClN4/c22-16-7-3-5-14(11-16)20-12-18(15-6-4-10-23-13-15)25-21-24-17-8-1-2-9-19(17)26(20)21/h1-13,20H,(H,24,25)/p+1. The molecule has 0 saturated carbocycles. The summed E-state index contributed by atoms with van der Waals surface area (Å²) in [5, 5.41) is 4.25. The number of anilines is 1. The Morgan fingerprint density at radius 1 is 1.00 bits per heavy atom. The van der Waals surface area contributed by atoms with E-state index in [0.717, 1.165) is 38.8 Å². The second-order valence-electron chi connectivity index (χ2n) is 6.31. The van der Waals surface area contributed by atoms with Crippen molar-refractivity contribution in [3.63, 3.8) is 0 Å². The fourth-order valence-electron chi connectivity index (χ4n) is 3.51. The molecule has 4 nitrogen and oxygen atoms in total. The summed E-state index contributed by atoms with van der Waals surface area (Å²) >= 11 is 6.27. The van der Waals surface area contributed by atoms with Crippen LogP contribution in [0.2, 0.25) is 5.02 Å². The SMILES string of the molecule is Clc1cccc(C2C=C(c3cccnc3)Nc3[nH]c4ccccc4[n+]32)c1. The normalized spacial score (nSPS) is 16.0. The van der Waals surface area contributed by atoms with E-state index in [1.165, 1.54) is 0 Å². The van der Waals surface area contributed by atoms with Gasteiger partial charge in [0.25, 0.3) is 0 Å². The fraction of sp³-hybridized carbons (Fsp3) is 0.0476. The van der Waals surface area contributed by atoms with Gasteiger partial charge in [0.1, 0.15) is 22.8 Å². The summed E-state index contributed by atoms with van der Waals surface area (Å²) in [5.74, 6) is 0.942. The Balaban J connectivity index is 1.74. The number of nitrogens with zero attached hydrogens (tertiary/aromatic N) is 2. The first-order valence-corrected chi connectivity index (χ1v) is 8.84. The fourth-order valence-corrected chi connectivity index (χ4v) is 3.70. The van der Waals surface area contributed by atoms with Gasteiger partial charge in [-0.25, -0.2) is 14.9 Å². The molecule has 0 bridgehead atoms. The van der Waals surface area contributed by atoms with Crippen molar-refractivity contribution in [1.82, 2.24) is 9.97 Å². The van der Waals surface area contributed by atoms with E-state index >= 15 is 0 Å². The Morgan fingerprint density at radius 2 is 1.92 bits per heavy atom. The Bertz CT molecular complexity index is 1130. The summed E-state index contributed by atoms with van der Waals surface area (Å²) in [6.45, 7) is 0. The van der Waals surface area contributed by atoms with Crippen LogP contribution in [0.25, 0.3) is 16.7 Å². The van der Waals surface area contributed by atoms with Crippen molar-refractivity contribution in [2.24, 2.45) is 0 Å². The van der Waals surface area contributed by atoms with Crippen molar-refractivity contribution < 1.29 is 4.57 Å². The molecule has 0 amide bonds. The largest absolute Gasteiger partial charge is 0.361 e. The van der Waals surface area contributed by atoms with E-state index < -0.39 is 0 Å². The number of halogens is 1. The number of nitrogens with one attached hydrogen (secondary N) is 2. The summed E-state index contributed by atoms with van der Waals surface area (Å²) in [7, 11) is 0. The third kappa shape index (κ3) is 2.47. The van der Waals surface area contributed by atoms with Crippen molar-refractivity contribution in [3.8, 4) is 0 Å². The highest BCUT2D eigenvalue weighted by molar-refractivity contribution is 6.30.